The average Bonchev–Trinajstić information content (AvgIpc) is 2.51. The molecule has 0 bridgehead atoms. The van der Waals surface area contributed by atoms with E-state index in [1.165, 1.54) is 0 Å². The van der Waals surface area contributed by atoms with E-state index >= 15 is 0 Å². The van der Waals surface area contributed by atoms with Crippen LogP contribution in [0.15, 0.2) is 48.5 Å². The zero-order valence-corrected chi connectivity index (χ0v) is 11.2. The number of hydrogen-bond acceptors (Lipinski definition) is 5. The Balaban J connectivity index is 1.99. The Kier molecular flexibility index (Phi) is 5.06. The van der Waals surface area contributed by atoms with E-state index in [1.54, 1.807) is 24.3 Å². The molecule has 0 aliphatic heterocycles. The van der Waals surface area contributed by atoms with E-state index in [0.29, 0.717) is 24.4 Å². The molecule has 0 aliphatic rings. The van der Waals surface area contributed by atoms with Crippen molar-refractivity contribution in [2.75, 3.05) is 6.61 Å². The molecule has 0 unspecified atom stereocenters. The monoisotopic (exact) mass is 286 g/mol. The summed E-state index contributed by atoms with van der Waals surface area (Å²) in [6.07, 6.45) is 0.704. The van der Waals surface area contributed by atoms with Gasteiger partial charge in [0.1, 0.15) is 18.1 Å². The highest BCUT2D eigenvalue weighted by molar-refractivity contribution is 5.73. The summed E-state index contributed by atoms with van der Waals surface area (Å²) in [6.45, 7) is -0.252. The molecule has 0 heterocycles. The lowest BCUT2D eigenvalue weighted by Gasteiger charge is -2.05. The molecule has 2 rings (SSSR count). The Hall–Kier alpha value is -2.66. The van der Waals surface area contributed by atoms with Gasteiger partial charge in [-0.15, -0.1) is 0 Å². The van der Waals surface area contributed by atoms with Gasteiger partial charge >= 0.3 is 5.97 Å². The van der Waals surface area contributed by atoms with Gasteiger partial charge in [0.25, 0.3) is 6.47 Å². The lowest BCUT2D eigenvalue weighted by atomic mass is 10.0. The highest BCUT2D eigenvalue weighted by Gasteiger charge is 2.03. The molecular formula is C16H14O5. The van der Waals surface area contributed by atoms with Crippen LogP contribution in [0.25, 0.3) is 0 Å². The van der Waals surface area contributed by atoms with Gasteiger partial charge in [-0.1, -0.05) is 24.3 Å². The van der Waals surface area contributed by atoms with Gasteiger partial charge in [-0.3, -0.25) is 4.79 Å². The molecule has 2 aromatic carbocycles. The van der Waals surface area contributed by atoms with Crippen LogP contribution in [0.4, 0.5) is 0 Å². The van der Waals surface area contributed by atoms with Crippen LogP contribution in [0.5, 0.6) is 11.5 Å². The number of carbonyl (C=O) groups is 2. The Morgan fingerprint density at radius 2 is 1.48 bits per heavy atom. The van der Waals surface area contributed by atoms with Gasteiger partial charge in [0, 0.05) is 0 Å². The number of carbonyl (C=O) groups excluding carboxylic acids is 2. The van der Waals surface area contributed by atoms with Crippen LogP contribution in [-0.2, 0) is 16.0 Å². The molecule has 0 amide bonds. The second-order valence-electron chi connectivity index (χ2n) is 4.31. The van der Waals surface area contributed by atoms with Crippen molar-refractivity contribution >= 4 is 12.4 Å². The van der Waals surface area contributed by atoms with Crippen LogP contribution in [0, 0.1) is 0 Å². The summed E-state index contributed by atoms with van der Waals surface area (Å²) in [6, 6.07) is 14.2. The Labute approximate surface area is 121 Å². The maximum absolute atomic E-state index is 10.9. The first-order chi connectivity index (χ1) is 10.2. The second-order valence-corrected chi connectivity index (χ2v) is 4.31. The van der Waals surface area contributed by atoms with Gasteiger partial charge in [-0.05, 0) is 41.8 Å². The third kappa shape index (κ3) is 4.43. The number of ether oxygens (including phenoxy) is 2. The summed E-state index contributed by atoms with van der Waals surface area (Å²) in [5.41, 5.74) is 2.11. The molecule has 0 fully saturated rings. The van der Waals surface area contributed by atoms with Crippen molar-refractivity contribution in [1.29, 1.82) is 0 Å². The SMILES string of the molecule is O=COc1ccc(Cc2ccc(OC(=O)CO)cc2)cc1. The Morgan fingerprint density at radius 1 is 0.952 bits per heavy atom. The van der Waals surface area contributed by atoms with E-state index in [0.717, 1.165) is 11.1 Å². The van der Waals surface area contributed by atoms with Crippen LogP contribution in [0.3, 0.4) is 0 Å². The van der Waals surface area contributed by atoms with Crippen molar-refractivity contribution < 1.29 is 24.2 Å². The number of esters is 1. The van der Waals surface area contributed by atoms with Crippen molar-refractivity contribution in [3.8, 4) is 11.5 Å². The number of aliphatic hydroxyl groups is 1. The van der Waals surface area contributed by atoms with Crippen molar-refractivity contribution in [1.82, 2.24) is 0 Å². The van der Waals surface area contributed by atoms with E-state index in [4.69, 9.17) is 14.6 Å². The first kappa shape index (κ1) is 14.7. The average molecular weight is 286 g/mol. The standard InChI is InChI=1S/C16H14O5/c17-10-16(19)21-15-7-3-13(4-8-15)9-12-1-5-14(6-2-12)20-11-18/h1-8,11,17H,9-10H2. The fourth-order valence-corrected chi connectivity index (χ4v) is 1.82. The van der Waals surface area contributed by atoms with Crippen LogP contribution in [0.1, 0.15) is 11.1 Å². The van der Waals surface area contributed by atoms with Gasteiger partial charge in [0.05, 0.1) is 0 Å². The quantitative estimate of drug-likeness (QED) is 0.497. The predicted molar refractivity (Wildman–Crippen MR) is 75.1 cm³/mol. The fourth-order valence-electron chi connectivity index (χ4n) is 1.82. The molecule has 0 saturated carbocycles. The molecule has 5 nitrogen and oxygen atoms in total. The van der Waals surface area contributed by atoms with E-state index in [9.17, 15) is 9.59 Å². The van der Waals surface area contributed by atoms with Gasteiger partial charge in [-0.25, -0.2) is 4.79 Å². The summed E-state index contributed by atoms with van der Waals surface area (Å²) in [5, 5.41) is 8.60. The molecule has 0 atom stereocenters. The zero-order chi connectivity index (χ0) is 15.1. The molecule has 108 valence electrons. The second kappa shape index (κ2) is 7.21. The highest BCUT2D eigenvalue weighted by atomic mass is 16.5. The minimum absolute atomic E-state index is 0.390. The van der Waals surface area contributed by atoms with Crippen LogP contribution in [0.2, 0.25) is 0 Å². The molecule has 0 saturated heterocycles. The van der Waals surface area contributed by atoms with Gasteiger partial charge in [0.15, 0.2) is 0 Å². The van der Waals surface area contributed by atoms with E-state index < -0.39 is 12.6 Å². The Morgan fingerprint density at radius 3 is 1.95 bits per heavy atom. The fraction of sp³-hybridized carbons (Fsp3) is 0.125. The summed E-state index contributed by atoms with van der Waals surface area (Å²) < 4.78 is 9.60. The lowest BCUT2D eigenvalue weighted by Crippen LogP contribution is -2.12. The van der Waals surface area contributed by atoms with E-state index in [1.807, 2.05) is 24.3 Å². The third-order valence-electron chi connectivity index (χ3n) is 2.80. The topological polar surface area (TPSA) is 72.8 Å². The van der Waals surface area contributed by atoms with Gasteiger partial charge in [-0.2, -0.15) is 0 Å². The van der Waals surface area contributed by atoms with Crippen molar-refractivity contribution in [2.45, 2.75) is 6.42 Å². The van der Waals surface area contributed by atoms with Crippen LogP contribution >= 0.6 is 0 Å². The summed E-state index contributed by atoms with van der Waals surface area (Å²) in [5.74, 6) is 0.209. The minimum Gasteiger partial charge on any atom is -0.429 e. The number of aliphatic hydroxyl groups excluding tert-OH is 1. The minimum atomic E-state index is -0.687. The third-order valence-corrected chi connectivity index (χ3v) is 2.80. The molecule has 0 radical (unpaired) electrons. The van der Waals surface area contributed by atoms with Gasteiger partial charge in [0.2, 0.25) is 0 Å². The number of hydrogen-bond donors (Lipinski definition) is 1. The van der Waals surface area contributed by atoms with Crippen molar-refractivity contribution in [2.24, 2.45) is 0 Å². The molecule has 21 heavy (non-hydrogen) atoms. The molecule has 0 spiro atoms. The zero-order valence-electron chi connectivity index (χ0n) is 11.2. The van der Waals surface area contributed by atoms with Crippen molar-refractivity contribution in [3.63, 3.8) is 0 Å². The largest absolute Gasteiger partial charge is 0.429 e. The van der Waals surface area contributed by atoms with Crippen molar-refractivity contribution in [3.05, 3.63) is 59.7 Å². The first-order valence-electron chi connectivity index (χ1n) is 6.31. The maximum atomic E-state index is 10.9. The molecule has 0 aliphatic carbocycles. The first-order valence-corrected chi connectivity index (χ1v) is 6.31. The molecule has 1 N–H and O–H groups in total. The Bertz CT molecular complexity index is 602. The highest BCUT2D eigenvalue weighted by Crippen LogP contribution is 2.17. The number of benzene rings is 2. The predicted octanol–water partition coefficient (Wildman–Crippen LogP) is 1.71. The number of rotatable bonds is 6. The van der Waals surface area contributed by atoms with Gasteiger partial charge < -0.3 is 14.6 Å². The normalized spacial score (nSPS) is 9.95. The van der Waals surface area contributed by atoms with Crippen LogP contribution in [-0.4, -0.2) is 24.2 Å². The molecular weight excluding hydrogens is 272 g/mol. The molecule has 5 heteroatoms. The van der Waals surface area contributed by atoms with Crippen LogP contribution < -0.4 is 9.47 Å². The molecule has 0 aromatic heterocycles. The molecule has 2 aromatic rings. The summed E-state index contributed by atoms with van der Waals surface area (Å²) >= 11 is 0. The summed E-state index contributed by atoms with van der Waals surface area (Å²) in [7, 11) is 0. The maximum Gasteiger partial charge on any atom is 0.337 e. The lowest BCUT2D eigenvalue weighted by molar-refractivity contribution is -0.137. The van der Waals surface area contributed by atoms with E-state index in [-0.39, 0.29) is 0 Å². The van der Waals surface area contributed by atoms with E-state index in [2.05, 4.69) is 0 Å². The smallest absolute Gasteiger partial charge is 0.337 e. The summed E-state index contributed by atoms with van der Waals surface area (Å²) in [4.78, 5) is 21.1.